The summed E-state index contributed by atoms with van der Waals surface area (Å²) in [5, 5.41) is 2.56. The molecule has 0 aliphatic heterocycles. The normalized spacial score (nSPS) is 11.0. The number of carbonyl (C=O) groups excluding carboxylic acids is 2. The van der Waals surface area contributed by atoms with Crippen molar-refractivity contribution in [1.82, 2.24) is 5.32 Å². The second-order valence-corrected chi connectivity index (χ2v) is 7.61. The summed E-state index contributed by atoms with van der Waals surface area (Å²) in [5.74, 6) is -1.22. The van der Waals surface area contributed by atoms with E-state index in [9.17, 15) is 22.4 Å². The van der Waals surface area contributed by atoms with Crippen molar-refractivity contribution >= 4 is 27.4 Å². The van der Waals surface area contributed by atoms with Gasteiger partial charge in [-0.05, 0) is 37.3 Å². The van der Waals surface area contributed by atoms with Gasteiger partial charge in [0.15, 0.2) is 5.78 Å². The van der Waals surface area contributed by atoms with Gasteiger partial charge < -0.3 is 5.32 Å². The van der Waals surface area contributed by atoms with Crippen LogP contribution in [-0.4, -0.2) is 39.5 Å². The predicted molar refractivity (Wildman–Crippen MR) is 97.4 cm³/mol. The topological polar surface area (TPSA) is 83.6 Å². The Bertz CT molecular complexity index is 928. The van der Waals surface area contributed by atoms with Crippen LogP contribution in [0, 0.1) is 5.82 Å². The molecular formula is C18H19FN2O4S. The highest BCUT2D eigenvalue weighted by atomic mass is 32.2. The van der Waals surface area contributed by atoms with Crippen LogP contribution < -0.4 is 9.62 Å². The Morgan fingerprint density at radius 3 is 2.35 bits per heavy atom. The lowest BCUT2D eigenvalue weighted by atomic mass is 10.1. The van der Waals surface area contributed by atoms with E-state index in [1.54, 1.807) is 18.2 Å². The van der Waals surface area contributed by atoms with Crippen molar-refractivity contribution in [1.29, 1.82) is 0 Å². The third kappa shape index (κ3) is 5.13. The maximum Gasteiger partial charge on any atom is 0.251 e. The molecule has 0 aromatic heterocycles. The number of hydrogen-bond donors (Lipinski definition) is 1. The molecule has 0 aliphatic carbocycles. The van der Waals surface area contributed by atoms with E-state index in [-0.39, 0.29) is 24.4 Å². The zero-order chi connectivity index (χ0) is 19.3. The summed E-state index contributed by atoms with van der Waals surface area (Å²) in [7, 11) is -3.62. The Hall–Kier alpha value is -2.74. The van der Waals surface area contributed by atoms with Gasteiger partial charge >= 0.3 is 0 Å². The fourth-order valence-corrected chi connectivity index (χ4v) is 3.29. The molecule has 1 amide bonds. The van der Waals surface area contributed by atoms with E-state index in [1.165, 1.54) is 31.2 Å². The van der Waals surface area contributed by atoms with Gasteiger partial charge in [-0.15, -0.1) is 0 Å². The SMILES string of the molecule is CC(=O)c1cccc(N(CCNC(=O)c2cccc(F)c2)S(C)(=O)=O)c1. The number of nitrogens with zero attached hydrogens (tertiary/aromatic N) is 1. The number of carbonyl (C=O) groups is 2. The Balaban J connectivity index is 2.11. The average molecular weight is 378 g/mol. The molecule has 2 rings (SSSR count). The van der Waals surface area contributed by atoms with Crippen LogP contribution in [0.1, 0.15) is 27.6 Å². The summed E-state index contributed by atoms with van der Waals surface area (Å²) in [6.07, 6.45) is 1.04. The second-order valence-electron chi connectivity index (χ2n) is 5.71. The van der Waals surface area contributed by atoms with Gasteiger partial charge in [-0.25, -0.2) is 12.8 Å². The van der Waals surface area contributed by atoms with Crippen LogP contribution in [0.15, 0.2) is 48.5 Å². The minimum atomic E-state index is -3.62. The van der Waals surface area contributed by atoms with Crippen LogP contribution in [-0.2, 0) is 10.0 Å². The van der Waals surface area contributed by atoms with E-state index in [0.29, 0.717) is 11.3 Å². The molecule has 0 saturated carbocycles. The van der Waals surface area contributed by atoms with Crippen molar-refractivity contribution in [3.8, 4) is 0 Å². The number of benzene rings is 2. The highest BCUT2D eigenvalue weighted by molar-refractivity contribution is 7.92. The lowest BCUT2D eigenvalue weighted by Gasteiger charge is -2.23. The summed E-state index contributed by atoms with van der Waals surface area (Å²) < 4.78 is 38.4. The number of hydrogen-bond acceptors (Lipinski definition) is 4. The fraction of sp³-hybridized carbons (Fsp3) is 0.222. The van der Waals surface area contributed by atoms with Gasteiger partial charge in [0, 0.05) is 17.7 Å². The maximum atomic E-state index is 13.2. The first-order valence-corrected chi connectivity index (χ1v) is 9.66. The molecule has 0 spiro atoms. The van der Waals surface area contributed by atoms with Crippen LogP contribution in [0.3, 0.4) is 0 Å². The number of rotatable bonds is 7. The minimum Gasteiger partial charge on any atom is -0.350 e. The molecule has 0 fully saturated rings. The van der Waals surface area contributed by atoms with Crippen LogP contribution >= 0.6 is 0 Å². The van der Waals surface area contributed by atoms with E-state index in [4.69, 9.17) is 0 Å². The molecule has 0 aliphatic rings. The number of anilines is 1. The maximum absolute atomic E-state index is 13.2. The number of ketones is 1. The van der Waals surface area contributed by atoms with Crippen molar-refractivity contribution in [3.05, 3.63) is 65.5 Å². The molecule has 6 nitrogen and oxygen atoms in total. The van der Waals surface area contributed by atoms with Crippen LogP contribution in [0.5, 0.6) is 0 Å². The van der Waals surface area contributed by atoms with Gasteiger partial charge in [0.25, 0.3) is 5.91 Å². The highest BCUT2D eigenvalue weighted by Crippen LogP contribution is 2.19. The average Bonchev–Trinajstić information content (AvgIpc) is 2.57. The van der Waals surface area contributed by atoms with E-state index in [1.807, 2.05) is 0 Å². The number of Topliss-reactive ketones (excluding diaryl/α,β-unsaturated/α-hetero) is 1. The lowest BCUT2D eigenvalue weighted by molar-refractivity contribution is 0.0953. The monoisotopic (exact) mass is 378 g/mol. The third-order valence-corrected chi connectivity index (χ3v) is 4.82. The Labute approximate surface area is 151 Å². The first kappa shape index (κ1) is 19.6. The Morgan fingerprint density at radius 1 is 1.08 bits per heavy atom. The molecule has 0 bridgehead atoms. The van der Waals surface area contributed by atoms with Crippen LogP contribution in [0.2, 0.25) is 0 Å². The number of halogens is 1. The molecule has 0 unspecified atom stereocenters. The second kappa shape index (κ2) is 8.09. The Kier molecular flexibility index (Phi) is 6.10. The van der Waals surface area contributed by atoms with E-state index < -0.39 is 21.7 Å². The third-order valence-electron chi connectivity index (χ3n) is 3.63. The molecule has 138 valence electrons. The summed E-state index contributed by atoms with van der Waals surface area (Å²) in [4.78, 5) is 23.5. The molecule has 2 aromatic rings. The largest absolute Gasteiger partial charge is 0.350 e. The van der Waals surface area contributed by atoms with E-state index >= 15 is 0 Å². The molecule has 0 radical (unpaired) electrons. The molecule has 0 atom stereocenters. The van der Waals surface area contributed by atoms with Crippen LogP contribution in [0.4, 0.5) is 10.1 Å². The standard InChI is InChI=1S/C18H19FN2O4S/c1-13(22)14-5-4-8-17(12-14)21(26(2,24)25)10-9-20-18(23)15-6-3-7-16(19)11-15/h3-8,11-12H,9-10H2,1-2H3,(H,20,23). The number of amides is 1. The number of nitrogens with one attached hydrogen (secondary N) is 1. The van der Waals surface area contributed by atoms with E-state index in [2.05, 4.69) is 5.32 Å². The first-order valence-electron chi connectivity index (χ1n) is 7.81. The van der Waals surface area contributed by atoms with Gasteiger partial charge in [0.05, 0.1) is 18.5 Å². The van der Waals surface area contributed by atoms with Crippen molar-refractivity contribution in [2.24, 2.45) is 0 Å². The smallest absolute Gasteiger partial charge is 0.251 e. The molecule has 8 heteroatoms. The van der Waals surface area contributed by atoms with Crippen molar-refractivity contribution < 1.29 is 22.4 Å². The van der Waals surface area contributed by atoms with Crippen molar-refractivity contribution in [3.63, 3.8) is 0 Å². The van der Waals surface area contributed by atoms with Crippen molar-refractivity contribution in [2.75, 3.05) is 23.7 Å². The lowest BCUT2D eigenvalue weighted by Crippen LogP contribution is -2.38. The fourth-order valence-electron chi connectivity index (χ4n) is 2.37. The molecular weight excluding hydrogens is 359 g/mol. The minimum absolute atomic E-state index is 0.0206. The molecule has 26 heavy (non-hydrogen) atoms. The van der Waals surface area contributed by atoms with E-state index in [0.717, 1.165) is 16.6 Å². The molecule has 1 N–H and O–H groups in total. The van der Waals surface area contributed by atoms with Gasteiger partial charge in [-0.2, -0.15) is 0 Å². The summed E-state index contributed by atoms with van der Waals surface area (Å²) >= 11 is 0. The summed E-state index contributed by atoms with van der Waals surface area (Å²) in [6, 6.07) is 11.4. The highest BCUT2D eigenvalue weighted by Gasteiger charge is 2.18. The van der Waals surface area contributed by atoms with Gasteiger partial charge in [0.1, 0.15) is 5.82 Å². The van der Waals surface area contributed by atoms with Gasteiger partial charge in [0.2, 0.25) is 10.0 Å². The van der Waals surface area contributed by atoms with Crippen LogP contribution in [0.25, 0.3) is 0 Å². The zero-order valence-corrected chi connectivity index (χ0v) is 15.2. The predicted octanol–water partition coefficient (Wildman–Crippen LogP) is 2.22. The summed E-state index contributed by atoms with van der Waals surface area (Å²) in [6.45, 7) is 1.39. The van der Waals surface area contributed by atoms with Gasteiger partial charge in [-0.3, -0.25) is 13.9 Å². The molecule has 0 saturated heterocycles. The first-order chi connectivity index (χ1) is 12.2. The summed E-state index contributed by atoms with van der Waals surface area (Å²) in [5.41, 5.74) is 0.870. The van der Waals surface area contributed by atoms with Crippen molar-refractivity contribution in [2.45, 2.75) is 6.92 Å². The molecule has 2 aromatic carbocycles. The Morgan fingerprint density at radius 2 is 1.73 bits per heavy atom. The number of sulfonamides is 1. The van der Waals surface area contributed by atoms with Gasteiger partial charge in [-0.1, -0.05) is 18.2 Å². The quantitative estimate of drug-likeness (QED) is 0.749. The molecule has 0 heterocycles. The zero-order valence-electron chi connectivity index (χ0n) is 14.4.